The number of piperidine rings is 1. The minimum atomic E-state index is -0.727. The number of para-hydroxylation sites is 1. The van der Waals surface area contributed by atoms with Gasteiger partial charge in [0.05, 0.1) is 24.2 Å². The van der Waals surface area contributed by atoms with Crippen molar-refractivity contribution in [2.24, 2.45) is 5.92 Å². The first-order valence-corrected chi connectivity index (χ1v) is 11.0. The quantitative estimate of drug-likeness (QED) is 0.522. The van der Waals surface area contributed by atoms with Crippen molar-refractivity contribution in [1.82, 2.24) is 4.90 Å². The second-order valence-electron chi connectivity index (χ2n) is 8.72. The predicted molar refractivity (Wildman–Crippen MR) is 121 cm³/mol. The van der Waals surface area contributed by atoms with Crippen molar-refractivity contribution in [3.05, 3.63) is 64.2 Å². The van der Waals surface area contributed by atoms with Crippen molar-refractivity contribution in [3.63, 3.8) is 0 Å². The molecule has 2 N–H and O–H groups in total. The summed E-state index contributed by atoms with van der Waals surface area (Å²) >= 11 is 0. The van der Waals surface area contributed by atoms with E-state index >= 15 is 0 Å². The van der Waals surface area contributed by atoms with Crippen molar-refractivity contribution in [2.45, 2.75) is 43.7 Å². The summed E-state index contributed by atoms with van der Waals surface area (Å²) in [6.07, 6.45) is 4.40. The molecule has 32 heavy (non-hydrogen) atoms. The number of nitro groups is 1. The summed E-state index contributed by atoms with van der Waals surface area (Å²) in [5.41, 5.74) is 0.755. The van der Waals surface area contributed by atoms with E-state index in [2.05, 4.69) is 10.2 Å². The Morgan fingerprint density at radius 1 is 1.22 bits per heavy atom. The van der Waals surface area contributed by atoms with Crippen LogP contribution in [0.3, 0.4) is 0 Å². The summed E-state index contributed by atoms with van der Waals surface area (Å²) in [6, 6.07) is 13.5. The SMILES string of the molecule is COc1ccccc1[C@@H]1[C@@H]2CCCC[C@]2(O)CCN1CC(=O)Nc1ccc([N+](=O)[O-])cc1. The highest BCUT2D eigenvalue weighted by molar-refractivity contribution is 5.92. The molecule has 2 aromatic rings. The third-order valence-electron chi connectivity index (χ3n) is 6.84. The number of anilines is 1. The number of hydrogen-bond donors (Lipinski definition) is 2. The zero-order valence-electron chi connectivity index (χ0n) is 18.2. The van der Waals surface area contributed by atoms with Gasteiger partial charge >= 0.3 is 0 Å². The first-order chi connectivity index (χ1) is 15.4. The van der Waals surface area contributed by atoms with Gasteiger partial charge in [-0.3, -0.25) is 19.8 Å². The maximum Gasteiger partial charge on any atom is 0.269 e. The Morgan fingerprint density at radius 2 is 1.97 bits per heavy atom. The molecule has 2 aliphatic rings. The first kappa shape index (κ1) is 22.2. The fourth-order valence-corrected chi connectivity index (χ4v) is 5.30. The molecule has 0 unspecified atom stereocenters. The van der Waals surface area contributed by atoms with E-state index in [1.807, 2.05) is 24.3 Å². The van der Waals surface area contributed by atoms with Gasteiger partial charge in [0, 0.05) is 41.9 Å². The van der Waals surface area contributed by atoms with E-state index in [4.69, 9.17) is 4.74 Å². The zero-order valence-corrected chi connectivity index (χ0v) is 18.2. The van der Waals surface area contributed by atoms with Gasteiger partial charge in [0.2, 0.25) is 5.91 Å². The summed E-state index contributed by atoms with van der Waals surface area (Å²) in [5.74, 6) is 0.585. The number of aliphatic hydroxyl groups is 1. The van der Waals surface area contributed by atoms with E-state index < -0.39 is 10.5 Å². The second-order valence-corrected chi connectivity index (χ2v) is 8.72. The van der Waals surface area contributed by atoms with Crippen LogP contribution in [0.15, 0.2) is 48.5 Å². The summed E-state index contributed by atoms with van der Waals surface area (Å²) in [6.45, 7) is 0.760. The van der Waals surface area contributed by atoms with Crippen LogP contribution >= 0.6 is 0 Å². The minimum Gasteiger partial charge on any atom is -0.496 e. The van der Waals surface area contributed by atoms with E-state index in [0.717, 1.165) is 37.0 Å². The Balaban J connectivity index is 1.57. The van der Waals surface area contributed by atoms with Crippen LogP contribution in [0.25, 0.3) is 0 Å². The topological polar surface area (TPSA) is 105 Å². The summed E-state index contributed by atoms with van der Waals surface area (Å²) in [7, 11) is 1.64. The highest BCUT2D eigenvalue weighted by Crippen LogP contribution is 2.50. The lowest BCUT2D eigenvalue weighted by atomic mass is 9.66. The number of likely N-dealkylation sites (tertiary alicyclic amines) is 1. The normalized spacial score (nSPS) is 25.6. The largest absolute Gasteiger partial charge is 0.496 e. The Kier molecular flexibility index (Phi) is 6.43. The van der Waals surface area contributed by atoms with E-state index in [1.54, 1.807) is 7.11 Å². The van der Waals surface area contributed by atoms with Gasteiger partial charge in [0.15, 0.2) is 0 Å². The summed E-state index contributed by atoms with van der Waals surface area (Å²) in [5, 5.41) is 25.1. The third-order valence-corrected chi connectivity index (χ3v) is 6.84. The Morgan fingerprint density at radius 3 is 2.69 bits per heavy atom. The van der Waals surface area contributed by atoms with Gasteiger partial charge in [-0.25, -0.2) is 0 Å². The molecule has 0 aromatic heterocycles. The molecule has 1 aliphatic heterocycles. The molecular formula is C24H29N3O5. The van der Waals surface area contributed by atoms with E-state index in [-0.39, 0.29) is 30.1 Å². The number of methoxy groups -OCH3 is 1. The Hall–Kier alpha value is -2.97. The zero-order chi connectivity index (χ0) is 22.7. The number of rotatable bonds is 6. The minimum absolute atomic E-state index is 0.0214. The number of nitrogens with one attached hydrogen (secondary N) is 1. The third kappa shape index (κ3) is 4.47. The fraction of sp³-hybridized carbons (Fsp3) is 0.458. The monoisotopic (exact) mass is 439 g/mol. The van der Waals surface area contributed by atoms with Crippen molar-refractivity contribution in [2.75, 3.05) is 25.5 Å². The molecular weight excluding hydrogens is 410 g/mol. The summed E-state index contributed by atoms with van der Waals surface area (Å²) < 4.78 is 5.63. The molecule has 1 saturated carbocycles. The molecule has 1 heterocycles. The van der Waals surface area contributed by atoms with Crippen LogP contribution in [-0.2, 0) is 4.79 Å². The van der Waals surface area contributed by atoms with E-state index in [0.29, 0.717) is 18.7 Å². The number of benzene rings is 2. The maximum atomic E-state index is 12.9. The van der Waals surface area contributed by atoms with Gasteiger partial charge in [0.25, 0.3) is 5.69 Å². The highest BCUT2D eigenvalue weighted by Gasteiger charge is 2.49. The molecule has 0 bridgehead atoms. The molecule has 2 aromatic carbocycles. The van der Waals surface area contributed by atoms with Crippen molar-refractivity contribution in [3.8, 4) is 5.75 Å². The van der Waals surface area contributed by atoms with Crippen LogP contribution in [0.4, 0.5) is 11.4 Å². The van der Waals surface area contributed by atoms with E-state index in [1.165, 1.54) is 24.3 Å². The average Bonchev–Trinajstić information content (AvgIpc) is 2.79. The standard InChI is InChI=1S/C24H29N3O5/c1-32-21-8-3-2-6-19(21)23-20-7-4-5-13-24(20,29)14-15-26(23)16-22(28)25-17-9-11-18(12-10-17)27(30)31/h2-3,6,8-12,20,23,29H,4-5,7,13-16H2,1H3,(H,25,28)/t20-,23+,24-/m0/s1. The molecule has 0 spiro atoms. The molecule has 8 nitrogen and oxygen atoms in total. The van der Waals surface area contributed by atoms with Crippen molar-refractivity contribution < 1.29 is 19.6 Å². The Bertz CT molecular complexity index is 980. The number of non-ortho nitro benzene ring substituents is 1. The van der Waals surface area contributed by atoms with Crippen LogP contribution < -0.4 is 10.1 Å². The number of hydrogen-bond acceptors (Lipinski definition) is 6. The number of amides is 1. The number of carbonyl (C=O) groups is 1. The van der Waals surface area contributed by atoms with Gasteiger partial charge in [0.1, 0.15) is 5.75 Å². The van der Waals surface area contributed by atoms with Crippen molar-refractivity contribution in [1.29, 1.82) is 0 Å². The fourth-order valence-electron chi connectivity index (χ4n) is 5.30. The van der Waals surface area contributed by atoms with Crippen LogP contribution in [0.1, 0.15) is 43.7 Å². The van der Waals surface area contributed by atoms with Crippen LogP contribution in [0.5, 0.6) is 5.75 Å². The molecule has 4 rings (SSSR count). The molecule has 1 amide bonds. The lowest BCUT2D eigenvalue weighted by molar-refractivity contribution is -0.384. The Labute approximate surface area is 187 Å². The van der Waals surface area contributed by atoms with Crippen LogP contribution in [-0.4, -0.2) is 46.6 Å². The average molecular weight is 440 g/mol. The van der Waals surface area contributed by atoms with Gasteiger partial charge in [-0.1, -0.05) is 31.0 Å². The lowest BCUT2D eigenvalue weighted by Crippen LogP contribution is -2.56. The molecule has 2 fully saturated rings. The molecule has 0 radical (unpaired) electrons. The van der Waals surface area contributed by atoms with Gasteiger partial charge in [-0.2, -0.15) is 0 Å². The smallest absolute Gasteiger partial charge is 0.269 e. The number of fused-ring (bicyclic) bond motifs is 1. The van der Waals surface area contributed by atoms with Crippen LogP contribution in [0.2, 0.25) is 0 Å². The lowest BCUT2D eigenvalue weighted by Gasteiger charge is -2.52. The maximum absolute atomic E-state index is 12.9. The molecule has 1 aliphatic carbocycles. The van der Waals surface area contributed by atoms with Crippen molar-refractivity contribution >= 4 is 17.3 Å². The number of nitro benzene ring substituents is 1. The molecule has 3 atom stereocenters. The molecule has 8 heteroatoms. The molecule has 170 valence electrons. The van der Waals surface area contributed by atoms with Gasteiger partial charge in [-0.05, 0) is 37.5 Å². The summed E-state index contributed by atoms with van der Waals surface area (Å²) in [4.78, 5) is 25.4. The first-order valence-electron chi connectivity index (χ1n) is 11.0. The van der Waals surface area contributed by atoms with Gasteiger partial charge in [-0.15, -0.1) is 0 Å². The number of carbonyl (C=O) groups excluding carboxylic acids is 1. The van der Waals surface area contributed by atoms with Crippen LogP contribution in [0, 0.1) is 16.0 Å². The predicted octanol–water partition coefficient (Wildman–Crippen LogP) is 3.91. The number of nitrogens with zero attached hydrogens (tertiary/aromatic N) is 2. The number of ether oxygens (including phenoxy) is 1. The van der Waals surface area contributed by atoms with Gasteiger partial charge < -0.3 is 15.2 Å². The highest BCUT2D eigenvalue weighted by atomic mass is 16.6. The second kappa shape index (κ2) is 9.26. The van der Waals surface area contributed by atoms with E-state index in [9.17, 15) is 20.0 Å². The molecule has 1 saturated heterocycles.